The van der Waals surface area contributed by atoms with Gasteiger partial charge >= 0.3 is 0 Å². The third kappa shape index (κ3) is 4.28. The molecule has 0 spiro atoms. The summed E-state index contributed by atoms with van der Waals surface area (Å²) in [4.78, 5) is 25.5. The molecule has 23 heavy (non-hydrogen) atoms. The van der Waals surface area contributed by atoms with Crippen LogP contribution in [0, 0.1) is 13.8 Å². The Hall–Kier alpha value is -1.49. The summed E-state index contributed by atoms with van der Waals surface area (Å²) in [6.45, 7) is 7.88. The molecule has 126 valence electrons. The number of carbonyl (C=O) groups excluding carboxylic acids is 1. The quantitative estimate of drug-likeness (QED) is 0.837. The highest BCUT2D eigenvalue weighted by molar-refractivity contribution is 5.77. The van der Waals surface area contributed by atoms with Crippen molar-refractivity contribution < 1.29 is 4.79 Å². The van der Waals surface area contributed by atoms with Gasteiger partial charge in [-0.2, -0.15) is 0 Å². The van der Waals surface area contributed by atoms with E-state index in [-0.39, 0.29) is 0 Å². The van der Waals surface area contributed by atoms with Crippen LogP contribution < -0.4 is 0 Å². The van der Waals surface area contributed by atoms with Crippen molar-refractivity contribution in [3.8, 4) is 0 Å². The van der Waals surface area contributed by atoms with Crippen molar-refractivity contribution in [1.29, 1.82) is 0 Å². The van der Waals surface area contributed by atoms with Crippen LogP contribution in [0.3, 0.4) is 0 Å². The van der Waals surface area contributed by atoms with Gasteiger partial charge in [-0.3, -0.25) is 9.69 Å². The normalized spacial score (nSPS) is 22.8. The van der Waals surface area contributed by atoms with Crippen LogP contribution >= 0.6 is 0 Å². The van der Waals surface area contributed by atoms with E-state index in [1.54, 1.807) is 0 Å². The average Bonchev–Trinajstić information content (AvgIpc) is 2.91. The topological polar surface area (TPSA) is 49.3 Å². The zero-order valence-corrected chi connectivity index (χ0v) is 14.4. The van der Waals surface area contributed by atoms with Gasteiger partial charge in [0, 0.05) is 36.9 Å². The smallest absolute Gasteiger partial charge is 0.222 e. The first kappa shape index (κ1) is 16.4. The SMILES string of the molecule is Cc1cc(C)nc(CN2CCCCC2CCN2CCCC2=O)n1. The Morgan fingerprint density at radius 3 is 2.61 bits per heavy atom. The molecule has 3 rings (SSSR count). The lowest BCUT2D eigenvalue weighted by atomic mass is 9.99. The molecule has 0 saturated carbocycles. The van der Waals surface area contributed by atoms with Gasteiger partial charge in [-0.05, 0) is 52.1 Å². The Labute approximate surface area is 139 Å². The molecule has 0 bridgehead atoms. The number of likely N-dealkylation sites (tertiary alicyclic amines) is 2. The van der Waals surface area contributed by atoms with Gasteiger partial charge in [0.15, 0.2) is 0 Å². The summed E-state index contributed by atoms with van der Waals surface area (Å²) in [5.74, 6) is 1.27. The minimum Gasteiger partial charge on any atom is -0.343 e. The molecular weight excluding hydrogens is 288 g/mol. The van der Waals surface area contributed by atoms with Gasteiger partial charge in [-0.25, -0.2) is 9.97 Å². The van der Waals surface area contributed by atoms with Crippen LogP contribution in [0.25, 0.3) is 0 Å². The number of hydrogen-bond acceptors (Lipinski definition) is 4. The zero-order valence-electron chi connectivity index (χ0n) is 14.4. The molecule has 2 aliphatic rings. The second-order valence-electron chi connectivity index (χ2n) is 6.96. The van der Waals surface area contributed by atoms with E-state index in [0.717, 1.165) is 62.7 Å². The Kier molecular flexibility index (Phi) is 5.26. The molecule has 1 atom stereocenters. The summed E-state index contributed by atoms with van der Waals surface area (Å²) >= 11 is 0. The maximum absolute atomic E-state index is 11.8. The Bertz CT molecular complexity index is 540. The van der Waals surface area contributed by atoms with E-state index in [9.17, 15) is 4.79 Å². The standard InChI is InChI=1S/C18H28N4O/c1-14-12-15(2)20-17(19-14)13-22-9-4-3-6-16(22)8-11-21-10-5-7-18(21)23/h12,16H,3-11,13H2,1-2H3. The summed E-state index contributed by atoms with van der Waals surface area (Å²) in [5, 5.41) is 0. The minimum atomic E-state index is 0.338. The molecule has 0 radical (unpaired) electrons. The minimum absolute atomic E-state index is 0.338. The van der Waals surface area contributed by atoms with E-state index >= 15 is 0 Å². The van der Waals surface area contributed by atoms with Crippen molar-refractivity contribution in [2.45, 2.75) is 65.0 Å². The molecule has 1 amide bonds. The Morgan fingerprint density at radius 1 is 1.13 bits per heavy atom. The van der Waals surface area contributed by atoms with Gasteiger partial charge in [0.2, 0.25) is 5.91 Å². The van der Waals surface area contributed by atoms with E-state index in [2.05, 4.69) is 14.9 Å². The van der Waals surface area contributed by atoms with Crippen LogP contribution in [-0.2, 0) is 11.3 Å². The first-order valence-corrected chi connectivity index (χ1v) is 8.95. The maximum atomic E-state index is 11.8. The fourth-order valence-electron chi connectivity index (χ4n) is 3.89. The van der Waals surface area contributed by atoms with E-state index < -0.39 is 0 Å². The number of carbonyl (C=O) groups is 1. The number of amides is 1. The molecule has 5 nitrogen and oxygen atoms in total. The number of piperidine rings is 1. The van der Waals surface area contributed by atoms with Gasteiger partial charge in [0.05, 0.1) is 6.54 Å². The molecule has 1 aromatic heterocycles. The van der Waals surface area contributed by atoms with Gasteiger partial charge in [0.25, 0.3) is 0 Å². The average molecular weight is 316 g/mol. The van der Waals surface area contributed by atoms with E-state index in [1.165, 1.54) is 19.3 Å². The predicted molar refractivity (Wildman–Crippen MR) is 90.0 cm³/mol. The van der Waals surface area contributed by atoms with Gasteiger partial charge in [-0.1, -0.05) is 6.42 Å². The number of aromatic nitrogens is 2. The predicted octanol–water partition coefficient (Wildman–Crippen LogP) is 2.46. The van der Waals surface area contributed by atoms with Crippen molar-refractivity contribution in [3.05, 3.63) is 23.3 Å². The molecule has 2 saturated heterocycles. The van der Waals surface area contributed by atoms with Gasteiger partial charge in [0.1, 0.15) is 5.82 Å². The largest absolute Gasteiger partial charge is 0.343 e. The summed E-state index contributed by atoms with van der Waals surface area (Å²) < 4.78 is 0. The zero-order chi connectivity index (χ0) is 16.2. The molecule has 2 aliphatic heterocycles. The molecule has 1 unspecified atom stereocenters. The third-order valence-electron chi connectivity index (χ3n) is 5.03. The first-order valence-electron chi connectivity index (χ1n) is 8.95. The monoisotopic (exact) mass is 316 g/mol. The number of rotatable bonds is 5. The van der Waals surface area contributed by atoms with Crippen LogP contribution in [-0.4, -0.2) is 51.4 Å². The van der Waals surface area contributed by atoms with Gasteiger partial charge < -0.3 is 4.90 Å². The van der Waals surface area contributed by atoms with Crippen molar-refractivity contribution in [2.24, 2.45) is 0 Å². The maximum Gasteiger partial charge on any atom is 0.222 e. The fourth-order valence-corrected chi connectivity index (χ4v) is 3.89. The van der Waals surface area contributed by atoms with E-state index in [0.29, 0.717) is 11.9 Å². The highest BCUT2D eigenvalue weighted by atomic mass is 16.2. The van der Waals surface area contributed by atoms with Crippen molar-refractivity contribution in [3.63, 3.8) is 0 Å². The lowest BCUT2D eigenvalue weighted by molar-refractivity contribution is -0.127. The molecule has 0 N–H and O–H groups in total. The highest BCUT2D eigenvalue weighted by Crippen LogP contribution is 2.22. The number of nitrogens with zero attached hydrogens (tertiary/aromatic N) is 4. The van der Waals surface area contributed by atoms with Crippen LogP contribution in [0.1, 0.15) is 55.7 Å². The van der Waals surface area contributed by atoms with E-state index in [4.69, 9.17) is 0 Å². The summed E-state index contributed by atoms with van der Waals surface area (Å²) in [5.41, 5.74) is 2.09. The van der Waals surface area contributed by atoms with Crippen LogP contribution in [0.15, 0.2) is 6.07 Å². The van der Waals surface area contributed by atoms with Crippen molar-refractivity contribution in [1.82, 2.24) is 19.8 Å². The Balaban J connectivity index is 1.60. The lowest BCUT2D eigenvalue weighted by Gasteiger charge is -2.36. The first-order chi connectivity index (χ1) is 11.1. The molecule has 0 aromatic carbocycles. The summed E-state index contributed by atoms with van der Waals surface area (Å²) in [7, 11) is 0. The molecule has 1 aromatic rings. The number of aryl methyl sites for hydroxylation is 2. The summed E-state index contributed by atoms with van der Waals surface area (Å²) in [6, 6.07) is 2.58. The summed E-state index contributed by atoms with van der Waals surface area (Å²) in [6.07, 6.45) is 6.63. The van der Waals surface area contributed by atoms with Crippen LogP contribution in [0.5, 0.6) is 0 Å². The van der Waals surface area contributed by atoms with Crippen molar-refractivity contribution in [2.75, 3.05) is 19.6 Å². The molecule has 5 heteroatoms. The van der Waals surface area contributed by atoms with Crippen LogP contribution in [0.4, 0.5) is 0 Å². The van der Waals surface area contributed by atoms with E-state index in [1.807, 2.05) is 24.8 Å². The highest BCUT2D eigenvalue weighted by Gasteiger charge is 2.26. The fraction of sp³-hybridized carbons (Fsp3) is 0.722. The van der Waals surface area contributed by atoms with Gasteiger partial charge in [-0.15, -0.1) is 0 Å². The molecule has 0 aliphatic carbocycles. The van der Waals surface area contributed by atoms with Crippen molar-refractivity contribution >= 4 is 5.91 Å². The Morgan fingerprint density at radius 2 is 1.91 bits per heavy atom. The third-order valence-corrected chi connectivity index (χ3v) is 5.03. The van der Waals surface area contributed by atoms with Crippen LogP contribution in [0.2, 0.25) is 0 Å². The molecular formula is C18H28N4O. The lowest BCUT2D eigenvalue weighted by Crippen LogP contribution is -2.41. The second kappa shape index (κ2) is 7.39. The molecule has 2 fully saturated rings. The second-order valence-corrected chi connectivity index (χ2v) is 6.96. The molecule has 3 heterocycles. The number of hydrogen-bond donors (Lipinski definition) is 0.